The molecular weight excluding hydrogens is 619 g/mol. The molecule has 0 atom stereocenters. The van der Waals surface area contributed by atoms with E-state index < -0.39 is 11.4 Å². The Labute approximate surface area is 224 Å². The zero-order chi connectivity index (χ0) is 25.7. The number of nitrogens with zero attached hydrogens (tertiary/aromatic N) is 4. The number of hydrogen-bond acceptors (Lipinski definition) is 2. The van der Waals surface area contributed by atoms with Gasteiger partial charge in [0.15, 0.2) is 11.1 Å². The van der Waals surface area contributed by atoms with E-state index in [-0.39, 0.29) is 32.1 Å². The summed E-state index contributed by atoms with van der Waals surface area (Å²) in [6.45, 7) is 19.8. The molecule has 4 rings (SSSR count). The van der Waals surface area contributed by atoms with Gasteiger partial charge in [-0.05, 0) is 0 Å². The average molecular weight is 660 g/mol. The smallest absolute Gasteiger partial charge is 0.334 e. The van der Waals surface area contributed by atoms with Crippen molar-refractivity contribution in [2.75, 3.05) is 0 Å². The van der Waals surface area contributed by atoms with Gasteiger partial charge in [0.05, 0.1) is 0 Å². The van der Waals surface area contributed by atoms with Gasteiger partial charge in [-0.25, -0.2) is 0 Å². The molecule has 35 heavy (non-hydrogen) atoms. The molecule has 2 heterocycles. The Kier molecular flexibility index (Phi) is 8.04. The monoisotopic (exact) mass is 659 g/mol. The predicted octanol–water partition coefficient (Wildman–Crippen LogP) is 5.38. The number of hydrogen-bond donors (Lipinski definition) is 2. The van der Waals surface area contributed by atoms with Crippen molar-refractivity contribution in [1.29, 1.82) is 0 Å². The van der Waals surface area contributed by atoms with Crippen molar-refractivity contribution >= 4 is 34.8 Å². The Morgan fingerprint density at radius 1 is 0.486 bits per heavy atom. The Bertz CT molecular complexity index is 1060. The number of benzene rings is 2. The maximum Gasteiger partial charge on any atom is 0.493 e. The molecule has 0 spiro atoms. The molecule has 2 aliphatic heterocycles. The molecule has 2 N–H and O–H groups in total. The molecule has 0 saturated heterocycles. The van der Waals surface area contributed by atoms with Crippen molar-refractivity contribution in [2.24, 2.45) is 0 Å². The van der Waals surface area contributed by atoms with Gasteiger partial charge in [-0.1, -0.05) is 42.6 Å². The maximum atomic E-state index is 10.2. The minimum atomic E-state index is -0.948. The van der Waals surface area contributed by atoms with Gasteiger partial charge in [0.2, 0.25) is 0 Å². The second-order valence-electron chi connectivity index (χ2n) is 11.8. The second-order valence-corrected chi connectivity index (χ2v) is 11.8. The number of fused-ring (bicyclic) bond motifs is 2. The quantitative estimate of drug-likeness (QED) is 0.426. The normalized spacial score (nSPS) is 15.0. The van der Waals surface area contributed by atoms with Crippen LogP contribution in [0.5, 0.6) is 0 Å². The zero-order valence-corrected chi connectivity index (χ0v) is 24.9. The molecule has 2 aromatic carbocycles. The third-order valence-corrected chi connectivity index (χ3v) is 5.56. The largest absolute Gasteiger partial charge is 0.493 e. The van der Waals surface area contributed by atoms with E-state index in [0.717, 1.165) is 22.7 Å². The van der Waals surface area contributed by atoms with E-state index in [0.29, 0.717) is 0 Å². The minimum Gasteiger partial charge on any atom is -0.334 e. The van der Waals surface area contributed by atoms with E-state index in [1.54, 1.807) is 36.8 Å². The fourth-order valence-corrected chi connectivity index (χ4v) is 3.96. The maximum absolute atomic E-state index is 10.2. The summed E-state index contributed by atoms with van der Waals surface area (Å²) >= 11 is 0. The standard InChI is InChI=1S/2C14H20N2O.Pt/c2*1-13(2,3)15-10-16(14(4,5)17)12-9-7-6-8-11(12)15;/h2*6-9,17H,1-5H3;/q2*+2;. The van der Waals surface area contributed by atoms with Crippen LogP contribution in [0, 0.1) is 0 Å². The number of para-hydroxylation sites is 4. The van der Waals surface area contributed by atoms with Crippen LogP contribution in [0.25, 0.3) is 0 Å². The summed E-state index contributed by atoms with van der Waals surface area (Å²) in [7, 11) is 0. The summed E-state index contributed by atoms with van der Waals surface area (Å²) in [6, 6.07) is 22.6. The van der Waals surface area contributed by atoms with E-state index in [1.807, 2.05) is 36.4 Å². The van der Waals surface area contributed by atoms with Gasteiger partial charge >= 0.3 is 12.0 Å². The van der Waals surface area contributed by atoms with Gasteiger partial charge in [-0.2, -0.15) is 0 Å². The van der Waals surface area contributed by atoms with Crippen LogP contribution >= 0.6 is 0 Å². The Morgan fingerprint density at radius 2 is 0.714 bits per heavy atom. The van der Waals surface area contributed by atoms with Gasteiger partial charge in [0, 0.05) is 115 Å². The Morgan fingerprint density at radius 3 is 0.914 bits per heavy atom. The van der Waals surface area contributed by atoms with Crippen molar-refractivity contribution in [3.05, 3.63) is 48.5 Å². The van der Waals surface area contributed by atoms with E-state index in [9.17, 15) is 10.2 Å². The van der Waals surface area contributed by atoms with Crippen LogP contribution in [0.4, 0.5) is 22.7 Å². The van der Waals surface area contributed by atoms with Gasteiger partial charge in [0.25, 0.3) is 34.2 Å². The van der Waals surface area contributed by atoms with E-state index >= 15 is 0 Å². The molecule has 7 heteroatoms. The van der Waals surface area contributed by atoms with Crippen LogP contribution in [0.1, 0.15) is 69.2 Å². The first-order valence-corrected chi connectivity index (χ1v) is 11.8. The molecular formula is C28H40N4O2Pt+4. The first kappa shape index (κ1) is 29.0. The van der Waals surface area contributed by atoms with Crippen LogP contribution in [0.3, 0.4) is 0 Å². The Balaban J connectivity index is 0.000000240. The van der Waals surface area contributed by atoms with Gasteiger partial charge in [0.1, 0.15) is 0 Å². The number of rotatable bonds is 2. The van der Waals surface area contributed by atoms with Crippen molar-refractivity contribution in [1.82, 2.24) is 0 Å². The fraction of sp³-hybridized carbons (Fsp3) is 0.500. The van der Waals surface area contributed by atoms with Gasteiger partial charge < -0.3 is 10.2 Å². The molecule has 0 bridgehead atoms. The molecule has 0 fully saturated rings. The molecule has 0 aromatic heterocycles. The predicted molar refractivity (Wildman–Crippen MR) is 135 cm³/mol. The zero-order valence-electron chi connectivity index (χ0n) is 22.6. The molecule has 0 amide bonds. The Hall–Kier alpha value is -2.19. The van der Waals surface area contributed by atoms with E-state index in [4.69, 9.17) is 0 Å². The van der Waals surface area contributed by atoms with Crippen molar-refractivity contribution < 1.29 is 49.6 Å². The molecule has 190 valence electrons. The van der Waals surface area contributed by atoms with E-state index in [1.165, 1.54) is 0 Å². The number of aliphatic hydroxyl groups is 2. The minimum absolute atomic E-state index is 0. The molecule has 0 radical (unpaired) electrons. The van der Waals surface area contributed by atoms with Crippen molar-refractivity contribution in [3.8, 4) is 0 Å². The SMILES string of the molecule is CC(C)(C)[N+]1=C=[N+](C(C)(C)O)c2ccccc21.CC(C)(C)[N+]1=C=[N+](C(C)(C)O)c2ccccc21.[Pt]. The molecule has 0 saturated carbocycles. The molecule has 2 aromatic rings. The summed E-state index contributed by atoms with van der Waals surface area (Å²) in [5.41, 5.74) is 2.15. The van der Waals surface area contributed by atoms with E-state index in [2.05, 4.69) is 74.8 Å². The van der Waals surface area contributed by atoms with Crippen molar-refractivity contribution in [3.63, 3.8) is 0 Å². The van der Waals surface area contributed by atoms with Crippen LogP contribution < -0.4 is 0 Å². The summed E-state index contributed by atoms with van der Waals surface area (Å²) in [5, 5.41) is 20.4. The van der Waals surface area contributed by atoms with Crippen LogP contribution in [-0.4, -0.2) is 63.1 Å². The second kappa shape index (κ2) is 9.69. The van der Waals surface area contributed by atoms with Gasteiger partial charge in [-0.15, -0.1) is 0 Å². The topological polar surface area (TPSA) is 52.5 Å². The third kappa shape index (κ3) is 6.15. The fourth-order valence-electron chi connectivity index (χ4n) is 3.96. The summed E-state index contributed by atoms with van der Waals surface area (Å²) < 4.78 is 7.71. The first-order valence-electron chi connectivity index (χ1n) is 11.8. The van der Waals surface area contributed by atoms with Crippen LogP contribution in [0.2, 0.25) is 0 Å². The van der Waals surface area contributed by atoms with Gasteiger partial charge in [-0.3, -0.25) is 0 Å². The molecule has 2 aliphatic rings. The average Bonchev–Trinajstić information content (AvgIpc) is 3.27. The molecule has 6 nitrogen and oxygen atoms in total. The molecule has 0 aliphatic carbocycles. The van der Waals surface area contributed by atoms with Crippen LogP contribution in [-0.2, 0) is 21.1 Å². The van der Waals surface area contributed by atoms with Crippen molar-refractivity contribution in [2.45, 2.75) is 91.8 Å². The summed E-state index contributed by atoms with van der Waals surface area (Å²) in [6.07, 6.45) is 0. The molecule has 0 unspecified atom stereocenters. The van der Waals surface area contributed by atoms with Crippen LogP contribution in [0.15, 0.2) is 48.5 Å². The third-order valence-electron chi connectivity index (χ3n) is 5.56. The summed E-state index contributed by atoms with van der Waals surface area (Å²) in [5.74, 6) is 0. The summed E-state index contributed by atoms with van der Waals surface area (Å²) in [4.78, 5) is 0. The first-order chi connectivity index (χ1) is 15.4.